The molecule has 0 rings (SSSR count). The van der Waals surface area contributed by atoms with E-state index in [-0.39, 0.29) is 12.5 Å². The van der Waals surface area contributed by atoms with Crippen LogP contribution in [0.5, 0.6) is 0 Å². The highest BCUT2D eigenvalue weighted by molar-refractivity contribution is 6.73. The average Bonchev–Trinajstić information content (AvgIpc) is 2.47. The molecule has 2 atom stereocenters. The Kier molecular flexibility index (Phi) is 9.91. The maximum absolute atomic E-state index is 5.85. The van der Waals surface area contributed by atoms with Crippen molar-refractivity contribution in [1.29, 1.82) is 0 Å². The van der Waals surface area contributed by atoms with Crippen LogP contribution in [0.25, 0.3) is 0 Å². The van der Waals surface area contributed by atoms with Gasteiger partial charge in [0, 0.05) is 27.9 Å². The van der Waals surface area contributed by atoms with Gasteiger partial charge in [-0.1, -0.05) is 13.8 Å². The summed E-state index contributed by atoms with van der Waals surface area (Å²) in [5.41, 5.74) is 0. The van der Waals surface area contributed by atoms with Gasteiger partial charge < -0.3 is 13.9 Å². The molecule has 0 spiro atoms. The first kappa shape index (κ1) is 19.1. The first-order valence-corrected chi connectivity index (χ1v) is 9.89. The van der Waals surface area contributed by atoms with Gasteiger partial charge in [0.05, 0.1) is 0 Å². The zero-order chi connectivity index (χ0) is 14.9. The molecule has 0 heterocycles. The fraction of sp³-hybridized carbons (Fsp3) is 1.00. The molecule has 0 N–H and O–H groups in total. The fourth-order valence-electron chi connectivity index (χ4n) is 2.51. The van der Waals surface area contributed by atoms with Crippen molar-refractivity contribution in [2.24, 2.45) is 0 Å². The number of rotatable bonds is 11. The molecular weight excluding hydrogens is 258 g/mol. The molecule has 0 amide bonds. The molecule has 0 bridgehead atoms. The van der Waals surface area contributed by atoms with Gasteiger partial charge in [-0.25, -0.2) is 0 Å². The standard InChI is InChI=1S/C14H33NO3Si/c1-8-19(9-2,18-7)12-10-11-15(13(3)16-5)14(4)17-6/h13-14H,8-12H2,1-7H3. The average molecular weight is 292 g/mol. The lowest BCUT2D eigenvalue weighted by atomic mass is 10.3. The van der Waals surface area contributed by atoms with E-state index in [0.717, 1.165) is 13.0 Å². The van der Waals surface area contributed by atoms with E-state index in [4.69, 9.17) is 13.9 Å². The number of hydrogen-bond donors (Lipinski definition) is 0. The van der Waals surface area contributed by atoms with Gasteiger partial charge in [0.2, 0.25) is 0 Å². The first-order valence-electron chi connectivity index (χ1n) is 7.36. The summed E-state index contributed by atoms with van der Waals surface area (Å²) >= 11 is 0. The molecule has 0 aromatic heterocycles. The van der Waals surface area contributed by atoms with Crippen LogP contribution in [-0.4, -0.2) is 53.5 Å². The van der Waals surface area contributed by atoms with E-state index in [9.17, 15) is 0 Å². The van der Waals surface area contributed by atoms with E-state index >= 15 is 0 Å². The van der Waals surface area contributed by atoms with E-state index in [1.807, 2.05) is 7.11 Å². The molecule has 0 saturated heterocycles. The molecule has 0 aliphatic heterocycles. The van der Waals surface area contributed by atoms with Crippen molar-refractivity contribution in [3.8, 4) is 0 Å². The first-order chi connectivity index (χ1) is 9.00. The summed E-state index contributed by atoms with van der Waals surface area (Å²) in [4.78, 5) is 2.25. The molecule has 5 heteroatoms. The van der Waals surface area contributed by atoms with Gasteiger partial charge >= 0.3 is 0 Å². The SMILES string of the molecule is CC[Si](CC)(CCCN(C(C)OC)C(C)OC)OC. The minimum Gasteiger partial charge on any atom is -0.420 e. The third-order valence-electron chi connectivity index (χ3n) is 4.39. The van der Waals surface area contributed by atoms with Crippen LogP contribution in [0.1, 0.15) is 34.1 Å². The monoisotopic (exact) mass is 291 g/mol. The fourth-order valence-corrected chi connectivity index (χ4v) is 5.30. The highest BCUT2D eigenvalue weighted by Crippen LogP contribution is 2.23. The van der Waals surface area contributed by atoms with Crippen molar-refractivity contribution in [2.75, 3.05) is 27.9 Å². The second kappa shape index (κ2) is 9.88. The zero-order valence-corrected chi connectivity index (χ0v) is 14.9. The lowest BCUT2D eigenvalue weighted by Crippen LogP contribution is -2.44. The lowest BCUT2D eigenvalue weighted by molar-refractivity contribution is -0.116. The summed E-state index contributed by atoms with van der Waals surface area (Å²) < 4.78 is 16.7. The molecule has 0 aliphatic rings. The molecule has 0 aromatic carbocycles. The van der Waals surface area contributed by atoms with E-state index in [0.29, 0.717) is 0 Å². The highest BCUT2D eigenvalue weighted by atomic mass is 28.4. The summed E-state index contributed by atoms with van der Waals surface area (Å²) in [5.74, 6) is 0. The molecule has 0 radical (unpaired) electrons. The largest absolute Gasteiger partial charge is 0.420 e. The highest BCUT2D eigenvalue weighted by Gasteiger charge is 2.29. The zero-order valence-electron chi connectivity index (χ0n) is 13.9. The van der Waals surface area contributed by atoms with Crippen molar-refractivity contribution < 1.29 is 13.9 Å². The Morgan fingerprint density at radius 1 is 0.947 bits per heavy atom. The molecular formula is C14H33NO3Si. The minimum absolute atomic E-state index is 0.0804. The minimum atomic E-state index is -1.48. The Morgan fingerprint density at radius 3 is 1.74 bits per heavy atom. The molecule has 0 saturated carbocycles. The Hall–Kier alpha value is 0.0569. The lowest BCUT2D eigenvalue weighted by Gasteiger charge is -2.34. The predicted octanol–water partition coefficient (Wildman–Crippen LogP) is 3.30. The topological polar surface area (TPSA) is 30.9 Å². The summed E-state index contributed by atoms with van der Waals surface area (Å²) in [6.07, 6.45) is 1.30. The van der Waals surface area contributed by atoms with Crippen LogP contribution < -0.4 is 0 Å². The normalized spacial score (nSPS) is 15.8. The molecule has 0 fully saturated rings. The van der Waals surface area contributed by atoms with Crippen LogP contribution in [0, 0.1) is 0 Å². The maximum atomic E-state index is 5.85. The van der Waals surface area contributed by atoms with Crippen LogP contribution in [0.2, 0.25) is 18.1 Å². The van der Waals surface area contributed by atoms with Gasteiger partial charge in [0.1, 0.15) is 12.5 Å². The Balaban J connectivity index is 4.39. The second-order valence-corrected chi connectivity index (χ2v) is 9.79. The van der Waals surface area contributed by atoms with Crippen molar-refractivity contribution in [3.63, 3.8) is 0 Å². The van der Waals surface area contributed by atoms with E-state index in [2.05, 4.69) is 32.6 Å². The Bertz CT molecular complexity index is 206. The quantitative estimate of drug-likeness (QED) is 0.432. The van der Waals surface area contributed by atoms with Gasteiger partial charge in [-0.15, -0.1) is 0 Å². The third kappa shape index (κ3) is 5.91. The van der Waals surface area contributed by atoms with Crippen LogP contribution in [0.4, 0.5) is 0 Å². The van der Waals surface area contributed by atoms with Crippen LogP contribution >= 0.6 is 0 Å². The van der Waals surface area contributed by atoms with Gasteiger partial charge in [0.15, 0.2) is 8.32 Å². The van der Waals surface area contributed by atoms with E-state index < -0.39 is 8.32 Å². The summed E-state index contributed by atoms with van der Waals surface area (Å²) in [7, 11) is 3.88. The van der Waals surface area contributed by atoms with Crippen LogP contribution in [-0.2, 0) is 13.9 Å². The second-order valence-electron chi connectivity index (χ2n) is 5.11. The Morgan fingerprint density at radius 2 is 1.42 bits per heavy atom. The smallest absolute Gasteiger partial charge is 0.191 e. The van der Waals surface area contributed by atoms with Crippen LogP contribution in [0.15, 0.2) is 0 Å². The van der Waals surface area contributed by atoms with Gasteiger partial charge in [0.25, 0.3) is 0 Å². The van der Waals surface area contributed by atoms with Gasteiger partial charge in [-0.05, 0) is 38.4 Å². The van der Waals surface area contributed by atoms with Crippen molar-refractivity contribution in [3.05, 3.63) is 0 Å². The molecule has 2 unspecified atom stereocenters. The Labute approximate surface area is 120 Å². The number of nitrogens with zero attached hydrogens (tertiary/aromatic N) is 1. The predicted molar refractivity (Wildman–Crippen MR) is 82.8 cm³/mol. The third-order valence-corrected chi connectivity index (χ3v) is 9.09. The van der Waals surface area contributed by atoms with Gasteiger partial charge in [-0.3, -0.25) is 4.90 Å². The van der Waals surface area contributed by atoms with Crippen molar-refractivity contribution in [1.82, 2.24) is 4.90 Å². The molecule has 4 nitrogen and oxygen atoms in total. The van der Waals surface area contributed by atoms with E-state index in [1.165, 1.54) is 18.1 Å². The molecule has 19 heavy (non-hydrogen) atoms. The molecule has 0 aliphatic carbocycles. The molecule has 0 aromatic rings. The number of hydrogen-bond acceptors (Lipinski definition) is 4. The van der Waals surface area contributed by atoms with Crippen molar-refractivity contribution >= 4 is 8.32 Å². The summed E-state index contributed by atoms with van der Waals surface area (Å²) in [5, 5.41) is 0. The summed E-state index contributed by atoms with van der Waals surface area (Å²) in [6, 6.07) is 3.60. The number of ether oxygens (including phenoxy) is 2. The summed E-state index contributed by atoms with van der Waals surface area (Å²) in [6.45, 7) is 9.63. The van der Waals surface area contributed by atoms with Gasteiger partial charge in [-0.2, -0.15) is 0 Å². The number of methoxy groups -OCH3 is 2. The van der Waals surface area contributed by atoms with E-state index in [1.54, 1.807) is 14.2 Å². The maximum Gasteiger partial charge on any atom is 0.191 e. The van der Waals surface area contributed by atoms with Crippen LogP contribution in [0.3, 0.4) is 0 Å². The van der Waals surface area contributed by atoms with Crippen molar-refractivity contribution in [2.45, 2.75) is 64.7 Å². The molecule has 116 valence electrons.